The zero-order chi connectivity index (χ0) is 29.7. The summed E-state index contributed by atoms with van der Waals surface area (Å²) in [5.41, 5.74) is 0.625. The summed E-state index contributed by atoms with van der Waals surface area (Å²) < 4.78 is 14.6. The van der Waals surface area contributed by atoms with Gasteiger partial charge in [-0.3, -0.25) is 9.59 Å². The molecule has 3 aromatic rings. The number of hydrogen-bond donors (Lipinski definition) is 0. The van der Waals surface area contributed by atoms with Gasteiger partial charge in [0.1, 0.15) is 16.2 Å². The van der Waals surface area contributed by atoms with Gasteiger partial charge in [0.05, 0.1) is 33.3 Å². The molecule has 2 saturated heterocycles. The van der Waals surface area contributed by atoms with Crippen molar-refractivity contribution in [2.24, 2.45) is 0 Å². The molecule has 2 aliphatic heterocycles. The van der Waals surface area contributed by atoms with E-state index in [9.17, 15) is 14.4 Å². The molecule has 3 heterocycles. The van der Waals surface area contributed by atoms with E-state index in [1.807, 2.05) is 17.0 Å². The molecule has 1 aromatic heterocycles. The van der Waals surface area contributed by atoms with Crippen molar-refractivity contribution in [2.45, 2.75) is 29.0 Å². The van der Waals surface area contributed by atoms with Gasteiger partial charge >= 0.3 is 6.09 Å². The molecule has 0 bridgehead atoms. The third-order valence-corrected chi connectivity index (χ3v) is 8.82. The lowest BCUT2D eigenvalue weighted by Gasteiger charge is -2.42. The monoisotopic (exact) mass is 591 g/mol. The van der Waals surface area contributed by atoms with Crippen molar-refractivity contribution in [2.75, 3.05) is 51.9 Å². The van der Waals surface area contributed by atoms with Gasteiger partial charge in [0.2, 0.25) is 17.8 Å². The van der Waals surface area contributed by atoms with Crippen LogP contribution in [0.5, 0.6) is 11.5 Å². The van der Waals surface area contributed by atoms with Gasteiger partial charge in [0, 0.05) is 43.5 Å². The summed E-state index contributed by atoms with van der Waals surface area (Å²) in [4.78, 5) is 56.1. The summed E-state index contributed by atoms with van der Waals surface area (Å²) in [5, 5.41) is 0. The molecule has 0 spiro atoms. The molecule has 0 aliphatic carbocycles. The largest absolute Gasteiger partial charge is 0.497 e. The first-order valence-corrected chi connectivity index (χ1v) is 14.5. The second-order valence-corrected chi connectivity index (χ2v) is 11.2. The van der Waals surface area contributed by atoms with Crippen LogP contribution in [0.1, 0.15) is 24.9 Å². The first-order valence-electron chi connectivity index (χ1n) is 13.7. The number of carbonyl (C=O) groups excluding carboxylic acids is 3. The smallest absolute Gasteiger partial charge is 0.417 e. The summed E-state index contributed by atoms with van der Waals surface area (Å²) in [5.74, 6) is 1.19. The fourth-order valence-corrected chi connectivity index (χ4v) is 6.84. The molecule has 2 atom stereocenters. The second kappa shape index (κ2) is 12.7. The van der Waals surface area contributed by atoms with E-state index in [2.05, 4.69) is 9.97 Å². The summed E-state index contributed by atoms with van der Waals surface area (Å²) in [7, 11) is 3.15. The van der Waals surface area contributed by atoms with Crippen molar-refractivity contribution < 1.29 is 28.6 Å². The Morgan fingerprint density at radius 2 is 1.52 bits per heavy atom. The lowest BCUT2D eigenvalue weighted by Crippen LogP contribution is -2.56. The first-order chi connectivity index (χ1) is 20.4. The quantitative estimate of drug-likeness (QED) is 0.383. The lowest BCUT2D eigenvalue weighted by molar-refractivity contribution is -0.135. The van der Waals surface area contributed by atoms with Crippen molar-refractivity contribution in [3.8, 4) is 11.5 Å². The van der Waals surface area contributed by atoms with Gasteiger partial charge in [-0.2, -0.15) is 0 Å². The number of piperazine rings is 1. The number of carbonyl (C=O) groups is 3. The van der Waals surface area contributed by atoms with Crippen LogP contribution < -0.4 is 14.4 Å². The lowest BCUT2D eigenvalue weighted by atomic mass is 9.90. The number of thioether (sulfide) groups is 1. The molecule has 3 amide bonds. The number of amides is 3. The fraction of sp³-hybridized carbons (Fsp3) is 0.367. The third kappa shape index (κ3) is 5.71. The number of anilines is 1. The van der Waals surface area contributed by atoms with E-state index in [1.54, 1.807) is 80.9 Å². The van der Waals surface area contributed by atoms with Gasteiger partial charge in [-0.25, -0.2) is 19.7 Å². The molecule has 0 N–H and O–H groups in total. The average molecular weight is 592 g/mol. The van der Waals surface area contributed by atoms with E-state index >= 15 is 0 Å². The minimum atomic E-state index is -1.36. The minimum Gasteiger partial charge on any atom is -0.497 e. The second-order valence-electron chi connectivity index (χ2n) is 9.81. The van der Waals surface area contributed by atoms with Crippen LogP contribution in [0.25, 0.3) is 0 Å². The molecule has 2 fully saturated rings. The highest BCUT2D eigenvalue weighted by atomic mass is 32.2. The number of nitrogens with zero attached hydrogens (tertiary/aromatic N) is 5. The SMILES string of the molecule is CCOC(=O)N1C(=O)C[C@](Sc2ccc(OC)cc2)(C(=O)N2CCN(c3ncccn3)CC2)[C@H]1c1ccc(OC)cc1. The van der Waals surface area contributed by atoms with Crippen LogP contribution in [-0.4, -0.2) is 89.4 Å². The van der Waals surface area contributed by atoms with E-state index in [0.29, 0.717) is 49.2 Å². The topological polar surface area (TPSA) is 114 Å². The normalized spacial score (nSPS) is 20.4. The van der Waals surface area contributed by atoms with Crippen LogP contribution in [0.15, 0.2) is 71.9 Å². The zero-order valence-corrected chi connectivity index (χ0v) is 24.6. The van der Waals surface area contributed by atoms with Crippen molar-refractivity contribution in [3.63, 3.8) is 0 Å². The van der Waals surface area contributed by atoms with Gasteiger partial charge < -0.3 is 24.0 Å². The summed E-state index contributed by atoms with van der Waals surface area (Å²) >= 11 is 1.29. The maximum absolute atomic E-state index is 14.7. The van der Waals surface area contributed by atoms with Gasteiger partial charge in [0.15, 0.2) is 0 Å². The number of benzene rings is 2. The molecule has 220 valence electrons. The van der Waals surface area contributed by atoms with E-state index < -0.39 is 22.8 Å². The van der Waals surface area contributed by atoms with Crippen LogP contribution in [0.4, 0.5) is 10.7 Å². The fourth-order valence-electron chi connectivity index (χ4n) is 5.38. The molecular weight excluding hydrogens is 558 g/mol. The average Bonchev–Trinajstić information content (AvgIpc) is 3.34. The summed E-state index contributed by atoms with van der Waals surface area (Å²) in [6.07, 6.45) is 2.42. The zero-order valence-electron chi connectivity index (χ0n) is 23.8. The standard InChI is InChI=1S/C30H33N5O6S/c1-4-41-29(38)35-25(36)20-30(42-24-12-10-23(40-3)11-13-24,26(35)21-6-8-22(39-2)9-7-21)27(37)33-16-18-34(19-17-33)28-31-14-5-15-32-28/h5-15,26H,4,16-20H2,1-3H3/t26-,30-/m1/s1. The molecule has 0 radical (unpaired) electrons. The molecule has 0 saturated carbocycles. The van der Waals surface area contributed by atoms with Crippen molar-refractivity contribution >= 4 is 35.6 Å². The van der Waals surface area contributed by atoms with Crippen molar-refractivity contribution in [1.29, 1.82) is 0 Å². The Morgan fingerprint density at radius 3 is 2.10 bits per heavy atom. The predicted octanol–water partition coefficient (Wildman–Crippen LogP) is 3.80. The van der Waals surface area contributed by atoms with Gasteiger partial charge in [-0.15, -0.1) is 11.8 Å². The van der Waals surface area contributed by atoms with Crippen LogP contribution in [0, 0.1) is 0 Å². The number of ether oxygens (including phenoxy) is 3. The molecule has 2 aliphatic rings. The maximum Gasteiger partial charge on any atom is 0.417 e. The van der Waals surface area contributed by atoms with Gasteiger partial charge in [-0.05, 0) is 55.0 Å². The van der Waals surface area contributed by atoms with E-state index in [-0.39, 0.29) is 18.9 Å². The molecule has 11 nitrogen and oxygen atoms in total. The number of rotatable bonds is 8. The van der Waals surface area contributed by atoms with Crippen LogP contribution in [0.2, 0.25) is 0 Å². The van der Waals surface area contributed by atoms with E-state index in [0.717, 1.165) is 9.80 Å². The number of hydrogen-bond acceptors (Lipinski definition) is 10. The summed E-state index contributed by atoms with van der Waals surface area (Å²) in [6.45, 7) is 3.65. The Balaban J connectivity index is 1.56. The van der Waals surface area contributed by atoms with Crippen LogP contribution in [-0.2, 0) is 14.3 Å². The number of imide groups is 1. The molecule has 0 unspecified atom stereocenters. The van der Waals surface area contributed by atoms with Crippen LogP contribution in [0.3, 0.4) is 0 Å². The van der Waals surface area contributed by atoms with Gasteiger partial charge in [-0.1, -0.05) is 12.1 Å². The Bertz CT molecular complexity index is 1400. The Hall–Kier alpha value is -4.32. The number of methoxy groups -OCH3 is 2. The van der Waals surface area contributed by atoms with Gasteiger partial charge in [0.25, 0.3) is 0 Å². The highest BCUT2D eigenvalue weighted by Crippen LogP contribution is 2.54. The molecule has 12 heteroatoms. The van der Waals surface area contributed by atoms with E-state index in [1.165, 1.54) is 11.8 Å². The predicted molar refractivity (Wildman–Crippen MR) is 157 cm³/mol. The molecule has 42 heavy (non-hydrogen) atoms. The number of aromatic nitrogens is 2. The third-order valence-electron chi connectivity index (χ3n) is 7.40. The Morgan fingerprint density at radius 1 is 0.929 bits per heavy atom. The minimum absolute atomic E-state index is 0.0913. The first kappa shape index (κ1) is 29.2. The highest BCUT2D eigenvalue weighted by molar-refractivity contribution is 8.01. The molecular formula is C30H33N5O6S. The summed E-state index contributed by atoms with van der Waals surface area (Å²) in [6, 6.07) is 15.2. The van der Waals surface area contributed by atoms with Crippen LogP contribution >= 0.6 is 11.8 Å². The molecule has 5 rings (SSSR count). The Labute approximate surface area is 248 Å². The Kier molecular flexibility index (Phi) is 8.81. The van der Waals surface area contributed by atoms with Crippen molar-refractivity contribution in [1.82, 2.24) is 19.8 Å². The van der Waals surface area contributed by atoms with E-state index in [4.69, 9.17) is 14.2 Å². The highest BCUT2D eigenvalue weighted by Gasteiger charge is 2.61. The maximum atomic E-state index is 14.7. The molecule has 2 aromatic carbocycles. The number of likely N-dealkylation sites (tertiary alicyclic amines) is 1. The van der Waals surface area contributed by atoms with Crippen molar-refractivity contribution in [3.05, 3.63) is 72.6 Å².